The quantitative estimate of drug-likeness (QED) is 0.254. The summed E-state index contributed by atoms with van der Waals surface area (Å²) in [4.78, 5) is 12.9. The first-order chi connectivity index (χ1) is 16.3. The van der Waals surface area contributed by atoms with Crippen LogP contribution < -0.4 is 5.32 Å². The minimum atomic E-state index is -0.893. The molecule has 5 unspecified atom stereocenters. The third-order valence-corrected chi connectivity index (χ3v) is 8.87. The number of hydrogen-bond donors (Lipinski definition) is 3. The summed E-state index contributed by atoms with van der Waals surface area (Å²) in [7, 11) is 0. The van der Waals surface area contributed by atoms with Crippen LogP contribution in [0.2, 0.25) is 10.3 Å². The smallest absolute Gasteiger partial charge is 0.145 e. The summed E-state index contributed by atoms with van der Waals surface area (Å²) in [6.07, 6.45) is 3.78. The molecule has 0 radical (unpaired) electrons. The predicted octanol–water partition coefficient (Wildman–Crippen LogP) is 4.31. The number of halogens is 3. The van der Waals surface area contributed by atoms with Crippen molar-refractivity contribution in [3.8, 4) is 0 Å². The van der Waals surface area contributed by atoms with Crippen LogP contribution in [-0.2, 0) is 6.42 Å². The fraction of sp³-hybridized carbons (Fsp3) is 0.375. The first-order valence-electron chi connectivity index (χ1n) is 11.2. The number of nitrogens with one attached hydrogen (secondary N) is 1. The largest absolute Gasteiger partial charge is 0.390 e. The molecule has 1 aliphatic carbocycles. The molecule has 2 fully saturated rings. The molecule has 1 aliphatic heterocycles. The number of nitrogens with zero attached hydrogens (tertiary/aromatic N) is 4. The molecule has 0 amide bonds. The highest BCUT2D eigenvalue weighted by molar-refractivity contribution is 9.10. The van der Waals surface area contributed by atoms with Crippen LogP contribution >= 0.6 is 39.1 Å². The molecular formula is C24H22BrCl2N5O2. The number of aromatic nitrogens is 4. The van der Waals surface area contributed by atoms with E-state index in [1.165, 1.54) is 6.33 Å². The maximum atomic E-state index is 11.1. The average molecular weight is 563 g/mol. The maximum Gasteiger partial charge on any atom is 0.145 e. The standard InChI is InChI=1S/C24H22BrCl2N5O2/c25-16-7-13-2-1-12(6-17(13)31-22(16)27)5-14-8-24(10-28-14)9-18(19(33)20(24)34)32-4-3-15-21(26)29-11-30-23(15)32/h1-4,6-7,11,14,18-20,28,33-34H,5,8-10H2. The molecule has 3 aromatic heterocycles. The molecule has 1 saturated carbocycles. The summed E-state index contributed by atoms with van der Waals surface area (Å²) in [5, 5.41) is 28.3. The Balaban J connectivity index is 1.23. The molecule has 3 N–H and O–H groups in total. The Kier molecular flexibility index (Phi) is 5.59. The fourth-order valence-corrected chi connectivity index (χ4v) is 6.46. The van der Waals surface area contributed by atoms with E-state index in [4.69, 9.17) is 23.2 Å². The van der Waals surface area contributed by atoms with E-state index in [9.17, 15) is 10.2 Å². The molecule has 1 spiro atoms. The van der Waals surface area contributed by atoms with Crippen LogP contribution in [-0.4, -0.2) is 54.5 Å². The molecule has 4 aromatic rings. The van der Waals surface area contributed by atoms with E-state index >= 15 is 0 Å². The molecule has 1 aromatic carbocycles. The van der Waals surface area contributed by atoms with Crippen molar-refractivity contribution in [2.75, 3.05) is 6.54 Å². The summed E-state index contributed by atoms with van der Waals surface area (Å²) >= 11 is 15.8. The molecule has 1 saturated heterocycles. The number of fused-ring (bicyclic) bond motifs is 2. The van der Waals surface area contributed by atoms with E-state index in [1.54, 1.807) is 0 Å². The van der Waals surface area contributed by atoms with Gasteiger partial charge >= 0.3 is 0 Å². The Morgan fingerprint density at radius 2 is 1.97 bits per heavy atom. The van der Waals surface area contributed by atoms with Crippen molar-refractivity contribution in [2.24, 2.45) is 5.41 Å². The normalized spacial score (nSPS) is 29.1. The van der Waals surface area contributed by atoms with E-state index in [-0.39, 0.29) is 12.1 Å². The molecule has 2 aliphatic rings. The molecule has 6 rings (SSSR count). The van der Waals surface area contributed by atoms with Crippen molar-refractivity contribution in [1.82, 2.24) is 24.8 Å². The van der Waals surface area contributed by atoms with Gasteiger partial charge in [-0.3, -0.25) is 0 Å². The lowest BCUT2D eigenvalue weighted by molar-refractivity contribution is -0.0217. The number of pyridine rings is 1. The number of aliphatic hydroxyl groups is 2. The van der Waals surface area contributed by atoms with E-state index in [2.05, 4.69) is 54.4 Å². The Bertz CT molecular complexity index is 1420. The van der Waals surface area contributed by atoms with Gasteiger partial charge in [-0.15, -0.1) is 0 Å². The molecular weight excluding hydrogens is 541 g/mol. The van der Waals surface area contributed by atoms with Gasteiger partial charge in [0.2, 0.25) is 0 Å². The zero-order valence-corrected chi connectivity index (χ0v) is 21.1. The van der Waals surface area contributed by atoms with Crippen molar-refractivity contribution in [1.29, 1.82) is 0 Å². The monoisotopic (exact) mass is 561 g/mol. The van der Waals surface area contributed by atoms with Crippen molar-refractivity contribution in [3.63, 3.8) is 0 Å². The third-order valence-electron chi connectivity index (χ3n) is 7.45. The predicted molar refractivity (Wildman–Crippen MR) is 135 cm³/mol. The average Bonchev–Trinajstić information content (AvgIpc) is 3.49. The SMILES string of the molecule is OC1C(n2ccc3c(Cl)ncnc32)CC2(CNC(Cc3ccc4cc(Br)c(Cl)nc4c3)C2)C1O. The summed E-state index contributed by atoms with van der Waals surface area (Å²) in [5.74, 6) is 0. The highest BCUT2D eigenvalue weighted by atomic mass is 79.9. The van der Waals surface area contributed by atoms with E-state index in [0.717, 1.165) is 39.2 Å². The lowest BCUT2D eigenvalue weighted by Gasteiger charge is -2.27. The minimum Gasteiger partial charge on any atom is -0.390 e. The van der Waals surface area contributed by atoms with E-state index in [0.29, 0.717) is 28.9 Å². The summed E-state index contributed by atoms with van der Waals surface area (Å²) in [6, 6.07) is 9.95. The Morgan fingerprint density at radius 3 is 2.82 bits per heavy atom. The lowest BCUT2D eigenvalue weighted by atomic mass is 9.80. The van der Waals surface area contributed by atoms with Crippen LogP contribution in [0, 0.1) is 5.41 Å². The van der Waals surface area contributed by atoms with Gasteiger partial charge in [-0.25, -0.2) is 15.0 Å². The van der Waals surface area contributed by atoms with E-state index < -0.39 is 17.6 Å². The summed E-state index contributed by atoms with van der Waals surface area (Å²) in [5.41, 5.74) is 2.27. The lowest BCUT2D eigenvalue weighted by Crippen LogP contribution is -2.38. The highest BCUT2D eigenvalue weighted by Gasteiger charge is 2.56. The number of rotatable bonds is 3. The van der Waals surface area contributed by atoms with Crippen LogP contribution in [0.25, 0.3) is 21.9 Å². The summed E-state index contributed by atoms with van der Waals surface area (Å²) in [6.45, 7) is 0.645. The second-order valence-corrected chi connectivity index (χ2v) is 11.0. The highest BCUT2D eigenvalue weighted by Crippen LogP contribution is 2.50. The van der Waals surface area contributed by atoms with Crippen molar-refractivity contribution >= 4 is 61.1 Å². The number of benzene rings is 1. The van der Waals surface area contributed by atoms with Gasteiger partial charge in [-0.1, -0.05) is 35.3 Å². The topological polar surface area (TPSA) is 96.1 Å². The van der Waals surface area contributed by atoms with Gasteiger partial charge in [-0.05, 0) is 59.0 Å². The Labute approximate surface area is 214 Å². The van der Waals surface area contributed by atoms with Crippen LogP contribution in [0.1, 0.15) is 24.4 Å². The number of aliphatic hydroxyl groups excluding tert-OH is 2. The van der Waals surface area contributed by atoms with Crippen molar-refractivity contribution in [3.05, 3.63) is 63.2 Å². The molecule has 5 atom stereocenters. The molecule has 176 valence electrons. The van der Waals surface area contributed by atoms with Crippen molar-refractivity contribution in [2.45, 2.75) is 43.6 Å². The van der Waals surface area contributed by atoms with Crippen LogP contribution in [0.3, 0.4) is 0 Å². The molecule has 4 heterocycles. The first-order valence-corrected chi connectivity index (χ1v) is 12.7. The second kappa shape index (κ2) is 8.40. The molecule has 7 nitrogen and oxygen atoms in total. The molecule has 10 heteroatoms. The van der Waals surface area contributed by atoms with Crippen LogP contribution in [0.5, 0.6) is 0 Å². The molecule has 0 bridgehead atoms. The molecule has 34 heavy (non-hydrogen) atoms. The Morgan fingerprint density at radius 1 is 1.12 bits per heavy atom. The van der Waals surface area contributed by atoms with Gasteiger partial charge < -0.3 is 20.1 Å². The minimum absolute atomic E-state index is 0.183. The number of hydrogen-bond acceptors (Lipinski definition) is 6. The van der Waals surface area contributed by atoms with Crippen LogP contribution in [0.15, 0.2) is 47.3 Å². The Hall–Kier alpha value is -1.81. The second-order valence-electron chi connectivity index (χ2n) is 9.47. The van der Waals surface area contributed by atoms with Gasteiger partial charge in [0.1, 0.15) is 28.4 Å². The zero-order chi connectivity index (χ0) is 23.6. The van der Waals surface area contributed by atoms with Gasteiger partial charge in [0.25, 0.3) is 0 Å². The zero-order valence-electron chi connectivity index (χ0n) is 18.0. The third kappa shape index (κ3) is 3.63. The van der Waals surface area contributed by atoms with Gasteiger partial charge in [0.15, 0.2) is 0 Å². The summed E-state index contributed by atoms with van der Waals surface area (Å²) < 4.78 is 2.71. The van der Waals surface area contributed by atoms with Gasteiger partial charge in [0.05, 0.1) is 27.5 Å². The van der Waals surface area contributed by atoms with Gasteiger partial charge in [-0.2, -0.15) is 0 Å². The van der Waals surface area contributed by atoms with Crippen molar-refractivity contribution < 1.29 is 10.2 Å². The fourth-order valence-electron chi connectivity index (χ4n) is 5.78. The first kappa shape index (κ1) is 22.6. The van der Waals surface area contributed by atoms with E-state index in [1.807, 2.05) is 22.9 Å². The van der Waals surface area contributed by atoms with Crippen LogP contribution in [0.4, 0.5) is 0 Å². The van der Waals surface area contributed by atoms with Gasteiger partial charge in [0, 0.05) is 29.6 Å². The maximum absolute atomic E-state index is 11.1.